The Bertz CT molecular complexity index is 1220. The summed E-state index contributed by atoms with van der Waals surface area (Å²) in [5.74, 6) is -3.48. The van der Waals surface area contributed by atoms with E-state index >= 15 is 0 Å². The third kappa shape index (κ3) is 4.71. The summed E-state index contributed by atoms with van der Waals surface area (Å²) in [6.45, 7) is 3.44. The molecule has 35 heavy (non-hydrogen) atoms. The molecule has 3 aromatic rings. The van der Waals surface area contributed by atoms with Gasteiger partial charge in [-0.3, -0.25) is 9.78 Å². The number of aromatic nitrogens is 2. The molecule has 0 bridgehead atoms. The Hall–Kier alpha value is -3.14. The van der Waals surface area contributed by atoms with Gasteiger partial charge in [0.2, 0.25) is 0 Å². The number of benzene rings is 1. The van der Waals surface area contributed by atoms with Crippen LogP contribution in [0.1, 0.15) is 54.4 Å². The number of aliphatic hydroxyl groups excluding tert-OH is 1. The Morgan fingerprint density at radius 2 is 1.86 bits per heavy atom. The van der Waals surface area contributed by atoms with Gasteiger partial charge in [-0.25, -0.2) is 18.2 Å². The third-order valence-corrected chi connectivity index (χ3v) is 6.62. The van der Waals surface area contributed by atoms with Crippen LogP contribution in [0.4, 0.5) is 13.2 Å². The first-order valence-electron chi connectivity index (χ1n) is 11.3. The van der Waals surface area contributed by atoms with Gasteiger partial charge in [-0.05, 0) is 54.8 Å². The second kappa shape index (κ2) is 9.85. The smallest absolute Gasteiger partial charge is 0.185 e. The van der Waals surface area contributed by atoms with E-state index in [0.29, 0.717) is 17.5 Å². The zero-order valence-electron chi connectivity index (χ0n) is 19.2. The molecule has 1 aromatic carbocycles. The Balaban J connectivity index is 1.62. The van der Waals surface area contributed by atoms with Gasteiger partial charge in [0.15, 0.2) is 5.78 Å². The van der Waals surface area contributed by atoms with Gasteiger partial charge in [0.05, 0.1) is 23.9 Å². The summed E-state index contributed by atoms with van der Waals surface area (Å²) in [5, 5.41) is 21.3. The number of nitrogens with zero attached hydrogens (tertiary/aromatic N) is 2. The summed E-state index contributed by atoms with van der Waals surface area (Å²) in [7, 11) is 0. The fourth-order valence-electron chi connectivity index (χ4n) is 4.48. The summed E-state index contributed by atoms with van der Waals surface area (Å²) in [6.07, 6.45) is 0.959. The minimum Gasteiger partial charge on any atom is -0.390 e. The van der Waals surface area contributed by atoms with E-state index in [9.17, 15) is 28.2 Å². The summed E-state index contributed by atoms with van der Waals surface area (Å²) in [6, 6.07) is 6.88. The molecule has 0 aliphatic carbocycles. The van der Waals surface area contributed by atoms with E-state index in [1.807, 2.05) is 0 Å². The van der Waals surface area contributed by atoms with Crippen molar-refractivity contribution in [3.8, 4) is 11.3 Å². The predicted octanol–water partition coefficient (Wildman–Crippen LogP) is 4.34. The number of hydrogen-bond acceptors (Lipinski definition) is 6. The lowest BCUT2D eigenvalue weighted by atomic mass is 9.81. The van der Waals surface area contributed by atoms with Gasteiger partial charge in [-0.1, -0.05) is 13.0 Å². The fraction of sp³-hybridized carbons (Fsp3) is 0.346. The number of carbonyl (C=O) groups is 1. The van der Waals surface area contributed by atoms with Crippen LogP contribution in [0, 0.1) is 17.5 Å². The zero-order chi connectivity index (χ0) is 25.3. The molecule has 0 amide bonds. The molecule has 3 heterocycles. The Labute approximate surface area is 200 Å². The molecule has 0 spiro atoms. The van der Waals surface area contributed by atoms with Gasteiger partial charge in [0.1, 0.15) is 34.4 Å². The van der Waals surface area contributed by atoms with Gasteiger partial charge in [0.25, 0.3) is 0 Å². The van der Waals surface area contributed by atoms with Crippen molar-refractivity contribution in [2.75, 3.05) is 0 Å². The van der Waals surface area contributed by atoms with Crippen LogP contribution in [0.3, 0.4) is 0 Å². The molecular weight excluding hydrogens is 461 g/mol. The van der Waals surface area contributed by atoms with Crippen LogP contribution >= 0.6 is 0 Å². The highest BCUT2D eigenvalue weighted by atomic mass is 19.1. The van der Waals surface area contributed by atoms with Crippen molar-refractivity contribution in [2.45, 2.75) is 57.0 Å². The molecule has 1 fully saturated rings. The van der Waals surface area contributed by atoms with Crippen molar-refractivity contribution < 1.29 is 32.9 Å². The van der Waals surface area contributed by atoms with Gasteiger partial charge in [-0.15, -0.1) is 0 Å². The summed E-state index contributed by atoms with van der Waals surface area (Å²) in [4.78, 5) is 21.1. The molecule has 9 heteroatoms. The molecule has 4 atom stereocenters. The standard InChI is InChI=1S/C26H25F3N2O4/c1-3-26(34)14(2)35-22(12-23(26)33)16-9-10-30-13-15(16)11-21(32)20-8-7-19(29)25(31-20)24-17(27)5-4-6-18(24)28/h4-10,13-14,22-23,33-34H,3,11-12H2,1-2H3/t14-,22-,23-,26-/m1/s1. The molecular formula is C26H25F3N2O4. The fourth-order valence-corrected chi connectivity index (χ4v) is 4.48. The molecule has 0 radical (unpaired) electrons. The minimum atomic E-state index is -1.38. The van der Waals surface area contributed by atoms with Crippen molar-refractivity contribution in [3.05, 3.63) is 83.1 Å². The van der Waals surface area contributed by atoms with Crippen molar-refractivity contribution in [1.29, 1.82) is 0 Å². The minimum absolute atomic E-state index is 0.116. The highest BCUT2D eigenvalue weighted by molar-refractivity contribution is 5.96. The predicted molar refractivity (Wildman–Crippen MR) is 121 cm³/mol. The number of rotatable bonds is 6. The Morgan fingerprint density at radius 1 is 1.14 bits per heavy atom. The molecule has 1 aliphatic rings. The van der Waals surface area contributed by atoms with Gasteiger partial charge in [0, 0.05) is 25.2 Å². The number of aliphatic hydroxyl groups is 2. The maximum atomic E-state index is 14.4. The van der Waals surface area contributed by atoms with E-state index in [1.54, 1.807) is 19.9 Å². The zero-order valence-corrected chi connectivity index (χ0v) is 19.2. The van der Waals surface area contributed by atoms with Crippen molar-refractivity contribution >= 4 is 5.78 Å². The van der Waals surface area contributed by atoms with Crippen LogP contribution < -0.4 is 0 Å². The third-order valence-electron chi connectivity index (χ3n) is 6.62. The lowest BCUT2D eigenvalue weighted by Crippen LogP contribution is -2.56. The largest absolute Gasteiger partial charge is 0.390 e. The second-order valence-corrected chi connectivity index (χ2v) is 8.66. The lowest BCUT2D eigenvalue weighted by molar-refractivity contribution is -0.224. The van der Waals surface area contributed by atoms with E-state index in [-0.39, 0.29) is 18.5 Å². The van der Waals surface area contributed by atoms with Crippen molar-refractivity contribution in [2.24, 2.45) is 0 Å². The van der Waals surface area contributed by atoms with E-state index in [1.165, 1.54) is 12.4 Å². The van der Waals surface area contributed by atoms with Crippen LogP contribution in [0.2, 0.25) is 0 Å². The van der Waals surface area contributed by atoms with Crippen LogP contribution in [0.15, 0.2) is 48.8 Å². The summed E-state index contributed by atoms with van der Waals surface area (Å²) in [5.41, 5.74) is -1.69. The molecule has 2 aromatic heterocycles. The normalized spacial score (nSPS) is 24.4. The van der Waals surface area contributed by atoms with Crippen LogP contribution in [-0.2, 0) is 11.2 Å². The van der Waals surface area contributed by atoms with Crippen LogP contribution in [0.25, 0.3) is 11.3 Å². The monoisotopic (exact) mass is 486 g/mol. The maximum absolute atomic E-state index is 14.4. The van der Waals surface area contributed by atoms with E-state index in [0.717, 1.165) is 30.3 Å². The van der Waals surface area contributed by atoms with Crippen molar-refractivity contribution in [3.63, 3.8) is 0 Å². The second-order valence-electron chi connectivity index (χ2n) is 8.66. The molecule has 6 nitrogen and oxygen atoms in total. The van der Waals surface area contributed by atoms with Gasteiger partial charge in [-0.2, -0.15) is 0 Å². The number of hydrogen-bond donors (Lipinski definition) is 2. The average molecular weight is 486 g/mol. The number of ketones is 1. The molecule has 0 unspecified atom stereocenters. The number of halogens is 3. The van der Waals surface area contributed by atoms with Crippen LogP contribution in [-0.4, -0.2) is 43.8 Å². The van der Waals surface area contributed by atoms with Crippen LogP contribution in [0.5, 0.6) is 0 Å². The topological polar surface area (TPSA) is 92.5 Å². The highest BCUT2D eigenvalue weighted by Gasteiger charge is 2.47. The first kappa shape index (κ1) is 25.0. The number of pyridine rings is 2. The summed E-state index contributed by atoms with van der Waals surface area (Å²) >= 11 is 0. The number of carbonyl (C=O) groups excluding carboxylic acids is 1. The highest BCUT2D eigenvalue weighted by Crippen LogP contribution is 2.39. The Morgan fingerprint density at radius 3 is 2.51 bits per heavy atom. The average Bonchev–Trinajstić information content (AvgIpc) is 2.83. The Kier molecular flexibility index (Phi) is 7.02. The number of Topliss-reactive ketones (excluding diaryl/α,β-unsaturated/α-hetero) is 1. The van der Waals surface area contributed by atoms with Gasteiger partial charge < -0.3 is 14.9 Å². The van der Waals surface area contributed by atoms with E-state index < -0.39 is 58.4 Å². The SMILES string of the molecule is CC[C@]1(O)[C@H](O)C[C@H](c2ccncc2CC(=O)c2ccc(F)c(-c3c(F)cccc3F)n2)O[C@@H]1C. The molecule has 184 valence electrons. The van der Waals surface area contributed by atoms with E-state index in [2.05, 4.69) is 9.97 Å². The quantitative estimate of drug-likeness (QED) is 0.504. The van der Waals surface area contributed by atoms with E-state index in [4.69, 9.17) is 4.74 Å². The molecule has 2 N–H and O–H groups in total. The molecule has 4 rings (SSSR count). The molecule has 1 aliphatic heterocycles. The molecule has 0 saturated carbocycles. The summed E-state index contributed by atoms with van der Waals surface area (Å²) < 4.78 is 48.8. The number of ether oxygens (including phenoxy) is 1. The lowest BCUT2D eigenvalue weighted by Gasteiger charge is -2.45. The maximum Gasteiger partial charge on any atom is 0.185 e. The van der Waals surface area contributed by atoms with Crippen molar-refractivity contribution in [1.82, 2.24) is 9.97 Å². The first-order chi connectivity index (χ1) is 16.7. The first-order valence-corrected chi connectivity index (χ1v) is 11.3. The molecule has 1 saturated heterocycles. The van der Waals surface area contributed by atoms with Gasteiger partial charge >= 0.3 is 0 Å².